The molecule has 0 amide bonds. The highest BCUT2D eigenvalue weighted by Crippen LogP contribution is 2.42. The number of aromatic nitrogens is 3. The minimum Gasteiger partial charge on any atom is -0.493 e. The predicted molar refractivity (Wildman–Crippen MR) is 143 cm³/mol. The number of halogens is 1. The van der Waals surface area contributed by atoms with Gasteiger partial charge in [0.05, 0.1) is 26.7 Å². The minimum absolute atomic E-state index is 0.519. The summed E-state index contributed by atoms with van der Waals surface area (Å²) in [6.45, 7) is 1.98. The molecule has 2 aromatic heterocycles. The molecule has 0 atom stereocenters. The molecular weight excluding hydrogens is 476 g/mol. The van der Waals surface area contributed by atoms with Crippen molar-refractivity contribution in [1.29, 1.82) is 0 Å². The van der Waals surface area contributed by atoms with Gasteiger partial charge in [0.1, 0.15) is 12.1 Å². The number of anilines is 2. The van der Waals surface area contributed by atoms with E-state index < -0.39 is 0 Å². The van der Waals surface area contributed by atoms with Crippen molar-refractivity contribution in [2.75, 3.05) is 26.6 Å². The van der Waals surface area contributed by atoms with Crippen LogP contribution in [0.15, 0.2) is 73.2 Å². The maximum absolute atomic E-state index is 6.47. The summed E-state index contributed by atoms with van der Waals surface area (Å²) in [7, 11) is 4.75. The Morgan fingerprint density at radius 3 is 2.22 bits per heavy atom. The summed E-state index contributed by atoms with van der Waals surface area (Å²) in [4.78, 5) is 9.26. The smallest absolute Gasteiger partial charge is 0.203 e. The lowest BCUT2D eigenvalue weighted by atomic mass is 10.1. The van der Waals surface area contributed by atoms with Gasteiger partial charge in [0, 0.05) is 40.3 Å². The molecule has 2 heterocycles. The monoisotopic (exact) mass is 500 g/mol. The normalized spacial score (nSPS) is 10.9. The zero-order valence-corrected chi connectivity index (χ0v) is 21.1. The molecule has 3 aromatic carbocycles. The second-order valence-corrected chi connectivity index (χ2v) is 8.58. The van der Waals surface area contributed by atoms with Crippen molar-refractivity contribution in [1.82, 2.24) is 14.5 Å². The molecule has 0 saturated heterocycles. The lowest BCUT2D eigenvalue weighted by Crippen LogP contribution is -2.00. The number of fused-ring (bicyclic) bond motifs is 1. The van der Waals surface area contributed by atoms with Crippen molar-refractivity contribution in [3.63, 3.8) is 0 Å². The molecule has 0 fully saturated rings. The van der Waals surface area contributed by atoms with Gasteiger partial charge in [-0.05, 0) is 30.2 Å². The van der Waals surface area contributed by atoms with Crippen LogP contribution in [-0.2, 0) is 0 Å². The Kier molecular flexibility index (Phi) is 6.40. The number of rotatable bonds is 7. The van der Waals surface area contributed by atoms with Crippen LogP contribution >= 0.6 is 11.6 Å². The van der Waals surface area contributed by atoms with E-state index in [0.29, 0.717) is 28.1 Å². The molecule has 0 unspecified atom stereocenters. The topological polar surface area (TPSA) is 70.4 Å². The van der Waals surface area contributed by atoms with Crippen LogP contribution in [0.25, 0.3) is 27.8 Å². The second-order valence-electron chi connectivity index (χ2n) is 8.17. The van der Waals surface area contributed by atoms with Crippen molar-refractivity contribution in [3.8, 4) is 34.1 Å². The van der Waals surface area contributed by atoms with E-state index in [4.69, 9.17) is 25.8 Å². The number of nitrogens with one attached hydrogen (secondary N) is 1. The van der Waals surface area contributed by atoms with Gasteiger partial charge in [-0.3, -0.25) is 0 Å². The Morgan fingerprint density at radius 1 is 0.861 bits per heavy atom. The van der Waals surface area contributed by atoms with Crippen molar-refractivity contribution in [2.24, 2.45) is 0 Å². The van der Waals surface area contributed by atoms with E-state index in [0.717, 1.165) is 39.1 Å². The molecular formula is C28H25ClN4O3. The predicted octanol–water partition coefficient (Wildman–Crippen LogP) is 6.82. The fraction of sp³-hybridized carbons (Fsp3) is 0.143. The lowest BCUT2D eigenvalue weighted by Gasteiger charge is -2.15. The molecule has 0 aliphatic heterocycles. The molecule has 0 radical (unpaired) electrons. The first-order chi connectivity index (χ1) is 17.5. The summed E-state index contributed by atoms with van der Waals surface area (Å²) in [5.74, 6) is 2.25. The fourth-order valence-corrected chi connectivity index (χ4v) is 4.39. The highest BCUT2D eigenvalue weighted by atomic mass is 35.5. The van der Waals surface area contributed by atoms with E-state index in [1.807, 2.05) is 60.0 Å². The highest BCUT2D eigenvalue weighted by Gasteiger charge is 2.19. The van der Waals surface area contributed by atoms with Gasteiger partial charge in [-0.2, -0.15) is 0 Å². The van der Waals surface area contributed by atoms with Crippen molar-refractivity contribution in [3.05, 3.63) is 83.8 Å². The molecule has 5 aromatic rings. The van der Waals surface area contributed by atoms with E-state index in [-0.39, 0.29) is 0 Å². The summed E-state index contributed by atoms with van der Waals surface area (Å²) in [6.07, 6.45) is 3.61. The number of nitrogens with zero attached hydrogens (tertiary/aromatic N) is 3. The van der Waals surface area contributed by atoms with Crippen LogP contribution in [0.1, 0.15) is 5.56 Å². The number of hydrogen-bond donors (Lipinski definition) is 1. The number of hydrogen-bond acceptors (Lipinski definition) is 6. The summed E-state index contributed by atoms with van der Waals surface area (Å²) in [5.41, 5.74) is 5.43. The molecule has 0 saturated carbocycles. The third-order valence-corrected chi connectivity index (χ3v) is 6.44. The lowest BCUT2D eigenvalue weighted by molar-refractivity contribution is 0.324. The first-order valence-electron chi connectivity index (χ1n) is 11.3. The molecule has 0 bridgehead atoms. The Labute approximate surface area is 214 Å². The van der Waals surface area contributed by atoms with Crippen LogP contribution in [0.5, 0.6) is 17.2 Å². The maximum atomic E-state index is 6.47. The van der Waals surface area contributed by atoms with Gasteiger partial charge in [-0.25, -0.2) is 9.97 Å². The Bertz CT molecular complexity index is 1530. The molecule has 1 N–H and O–H groups in total. The fourth-order valence-electron chi connectivity index (χ4n) is 4.21. The van der Waals surface area contributed by atoms with Crippen LogP contribution in [0, 0.1) is 6.92 Å². The minimum atomic E-state index is 0.519. The van der Waals surface area contributed by atoms with E-state index >= 15 is 0 Å². The van der Waals surface area contributed by atoms with E-state index in [1.165, 1.54) is 0 Å². The second kappa shape index (κ2) is 9.79. The Hall–Kier alpha value is -4.23. The highest BCUT2D eigenvalue weighted by molar-refractivity contribution is 6.31. The van der Waals surface area contributed by atoms with Crippen LogP contribution in [0.4, 0.5) is 11.5 Å². The zero-order chi connectivity index (χ0) is 25.2. The maximum Gasteiger partial charge on any atom is 0.203 e. The average Bonchev–Trinajstić information content (AvgIpc) is 3.31. The van der Waals surface area contributed by atoms with Crippen LogP contribution in [0.2, 0.25) is 5.02 Å². The molecule has 8 heteroatoms. The molecule has 0 aliphatic rings. The van der Waals surface area contributed by atoms with Crippen molar-refractivity contribution >= 4 is 34.1 Å². The van der Waals surface area contributed by atoms with Gasteiger partial charge < -0.3 is 24.1 Å². The summed E-state index contributed by atoms with van der Waals surface area (Å²) in [6, 6.07) is 19.8. The zero-order valence-electron chi connectivity index (χ0n) is 20.4. The molecule has 7 nitrogen and oxygen atoms in total. The average molecular weight is 501 g/mol. The molecule has 5 rings (SSSR count). The van der Waals surface area contributed by atoms with Gasteiger partial charge >= 0.3 is 0 Å². The summed E-state index contributed by atoms with van der Waals surface area (Å²) in [5, 5.41) is 5.00. The standard InChI is InChI=1S/C28H25ClN4O3/c1-17-10-11-20(14-22(17)29)33-15-21(18-8-6-5-7-9-18)25-27(30-16-31-28(25)33)32-19-12-23(34-2)26(36-4)24(13-19)35-3/h5-16H,1-4H3,(H,30,31,32). The quantitative estimate of drug-likeness (QED) is 0.264. The van der Waals surface area contributed by atoms with E-state index in [9.17, 15) is 0 Å². The molecule has 36 heavy (non-hydrogen) atoms. The van der Waals surface area contributed by atoms with Gasteiger partial charge in [0.2, 0.25) is 5.75 Å². The molecule has 182 valence electrons. The van der Waals surface area contributed by atoms with Crippen LogP contribution < -0.4 is 19.5 Å². The molecule has 0 aliphatic carbocycles. The third kappa shape index (κ3) is 4.18. The van der Waals surface area contributed by atoms with E-state index in [2.05, 4.69) is 33.6 Å². The third-order valence-electron chi connectivity index (χ3n) is 6.03. The Balaban J connectivity index is 1.72. The van der Waals surface area contributed by atoms with Gasteiger partial charge in [-0.1, -0.05) is 48.0 Å². The molecule has 0 spiro atoms. The van der Waals surface area contributed by atoms with Crippen LogP contribution in [-0.4, -0.2) is 35.9 Å². The SMILES string of the molecule is COc1cc(Nc2ncnc3c2c(-c2ccccc2)cn3-c2ccc(C)c(Cl)c2)cc(OC)c1OC. The Morgan fingerprint density at radius 2 is 1.58 bits per heavy atom. The van der Waals surface area contributed by atoms with Crippen molar-refractivity contribution in [2.45, 2.75) is 6.92 Å². The van der Waals surface area contributed by atoms with E-state index in [1.54, 1.807) is 27.7 Å². The van der Waals surface area contributed by atoms with Gasteiger partial charge in [0.25, 0.3) is 0 Å². The number of ether oxygens (including phenoxy) is 3. The number of methoxy groups -OCH3 is 3. The van der Waals surface area contributed by atoms with Gasteiger partial charge in [-0.15, -0.1) is 0 Å². The first-order valence-corrected chi connectivity index (χ1v) is 11.7. The number of benzene rings is 3. The summed E-state index contributed by atoms with van der Waals surface area (Å²) < 4.78 is 18.5. The number of aryl methyl sites for hydroxylation is 1. The summed E-state index contributed by atoms with van der Waals surface area (Å²) >= 11 is 6.47. The first kappa shape index (κ1) is 23.5. The van der Waals surface area contributed by atoms with Crippen LogP contribution in [0.3, 0.4) is 0 Å². The van der Waals surface area contributed by atoms with Crippen molar-refractivity contribution < 1.29 is 14.2 Å². The van der Waals surface area contributed by atoms with Gasteiger partial charge in [0.15, 0.2) is 17.1 Å². The largest absolute Gasteiger partial charge is 0.493 e.